The van der Waals surface area contributed by atoms with Gasteiger partial charge in [-0.1, -0.05) is 78.9 Å². The van der Waals surface area contributed by atoms with E-state index in [-0.39, 0.29) is 17.4 Å². The second-order valence-corrected chi connectivity index (χ2v) is 15.9. The zero-order chi connectivity index (χ0) is 36.5. The molecule has 0 bridgehead atoms. The minimum atomic E-state index is -0.349. The molecule has 0 saturated carbocycles. The van der Waals surface area contributed by atoms with Crippen molar-refractivity contribution in [3.8, 4) is 0 Å². The fourth-order valence-electron chi connectivity index (χ4n) is 11.4. The third-order valence-electron chi connectivity index (χ3n) is 13.6. The zero-order valence-corrected chi connectivity index (χ0v) is 29.4. The van der Waals surface area contributed by atoms with E-state index in [0.29, 0.717) is 11.1 Å². The van der Waals surface area contributed by atoms with Gasteiger partial charge in [0, 0.05) is 32.7 Å². The zero-order valence-electron chi connectivity index (χ0n) is 29.4. The van der Waals surface area contributed by atoms with Gasteiger partial charge < -0.3 is 0 Å². The van der Waals surface area contributed by atoms with Crippen molar-refractivity contribution in [2.24, 2.45) is 0 Å². The lowest BCUT2D eigenvalue weighted by molar-refractivity contribution is 0.0845. The number of rotatable bonds is 0. The third kappa shape index (κ3) is 2.87. The van der Waals surface area contributed by atoms with E-state index in [9.17, 15) is 14.4 Å². The first kappa shape index (κ1) is 28.1. The Hall–Kier alpha value is -7.44. The number of hydrogen-bond donors (Lipinski definition) is 1. The maximum atomic E-state index is 14.3. The van der Waals surface area contributed by atoms with Gasteiger partial charge in [-0.05, 0) is 140 Å². The molecule has 1 aliphatic carbocycles. The number of carbonyl (C=O) groups is 2. The monoisotopic (exact) mass is 713 g/mol. The molecule has 0 spiro atoms. The summed E-state index contributed by atoms with van der Waals surface area (Å²) in [4.78, 5) is 45.3. The minimum Gasteiger partial charge on any atom is -0.288 e. The molecule has 56 heavy (non-hydrogen) atoms. The van der Waals surface area contributed by atoms with Crippen molar-refractivity contribution in [2.75, 3.05) is 0 Å². The first-order chi connectivity index (χ1) is 27.5. The van der Waals surface area contributed by atoms with Crippen LogP contribution < -0.4 is 10.9 Å². The predicted octanol–water partition coefficient (Wildman–Crippen LogP) is 11.0. The van der Waals surface area contributed by atoms with Gasteiger partial charge in [-0.3, -0.25) is 24.1 Å². The Labute approximate surface area is 314 Å². The summed E-state index contributed by atoms with van der Waals surface area (Å²) in [6.07, 6.45) is 5.97. The Balaban J connectivity index is 1.10. The molecule has 0 radical (unpaired) electrons. The SMILES string of the molecule is O=C1NC(=O)c2ccc3c4ccc5c6ccc7c8ccc9c%10c(ccc(c%11ccc(c%12ccc(c%13ccc1c2c%133)c4c%125)c6c%117)c8%10)c(=O)n1c2c(nc91)CCC=C2. The summed E-state index contributed by atoms with van der Waals surface area (Å²) in [5.74, 6) is -0.697. The van der Waals surface area contributed by atoms with Crippen LogP contribution in [0.3, 0.4) is 0 Å². The second-order valence-electron chi connectivity index (χ2n) is 15.9. The van der Waals surface area contributed by atoms with Crippen molar-refractivity contribution in [1.29, 1.82) is 0 Å². The minimum absolute atomic E-state index is 0.00825. The molecule has 6 nitrogen and oxygen atoms in total. The molecule has 256 valence electrons. The van der Waals surface area contributed by atoms with Gasteiger partial charge in [0.2, 0.25) is 0 Å². The van der Waals surface area contributed by atoms with Crippen molar-refractivity contribution in [3.63, 3.8) is 0 Å². The van der Waals surface area contributed by atoms with E-state index in [0.717, 1.165) is 94.5 Å². The highest BCUT2D eigenvalue weighted by Gasteiger charge is 2.29. The van der Waals surface area contributed by atoms with Crippen LogP contribution in [0.4, 0.5) is 0 Å². The fourth-order valence-corrected chi connectivity index (χ4v) is 11.4. The standard InChI is InChI=1S/C50H23N3O3/c54-48-34-18-14-30-26-10-6-22-21-5-9-25-29-13-17-33-45-36(50(56)53-38-4-2-1-3-37(38)51-47(33)53)20-16-32(43(29)45)28-12-8-24(39(21)41(25)28)23-7-11-27(42(26)40(22)23)31-15-19-35(49(55)52-48)46(34)44(30)31/h2,4-20H,1,3H2,(H,52,54,55). The number of amides is 2. The highest BCUT2D eigenvalue weighted by molar-refractivity contribution is 6.47. The second kappa shape index (κ2) is 8.91. The maximum Gasteiger partial charge on any atom is 0.264 e. The number of imidazole rings is 1. The number of nitrogens with one attached hydrogen (secondary N) is 1. The molecule has 2 amide bonds. The summed E-state index contributed by atoms with van der Waals surface area (Å²) in [5, 5.41) is 26.8. The topological polar surface area (TPSA) is 80.5 Å². The Morgan fingerprint density at radius 3 is 1.23 bits per heavy atom. The van der Waals surface area contributed by atoms with Crippen molar-refractivity contribution in [2.45, 2.75) is 12.8 Å². The highest BCUT2D eigenvalue weighted by Crippen LogP contribution is 2.51. The number of hydrogen-bond acceptors (Lipinski definition) is 4. The quantitative estimate of drug-likeness (QED) is 0.0964. The molecule has 13 aromatic rings. The Morgan fingerprint density at radius 2 is 0.786 bits per heavy atom. The first-order valence-electron chi connectivity index (χ1n) is 19.1. The molecule has 2 aromatic heterocycles. The van der Waals surface area contributed by atoms with Crippen LogP contribution in [0.5, 0.6) is 0 Å². The van der Waals surface area contributed by atoms with Crippen LogP contribution in [-0.2, 0) is 6.42 Å². The Bertz CT molecular complexity index is 4030. The highest BCUT2D eigenvalue weighted by atomic mass is 16.2. The molecule has 0 saturated heterocycles. The van der Waals surface area contributed by atoms with Gasteiger partial charge in [-0.2, -0.15) is 0 Å². The number of allylic oxidation sites excluding steroid dienone is 1. The van der Waals surface area contributed by atoms with Crippen molar-refractivity contribution < 1.29 is 9.59 Å². The van der Waals surface area contributed by atoms with Crippen molar-refractivity contribution >= 4 is 142 Å². The summed E-state index contributed by atoms with van der Waals surface area (Å²) in [5.41, 5.74) is 3.73. The van der Waals surface area contributed by atoms with Crippen LogP contribution >= 0.6 is 0 Å². The van der Waals surface area contributed by atoms with Gasteiger partial charge in [0.05, 0.1) is 11.4 Å². The van der Waals surface area contributed by atoms with E-state index >= 15 is 0 Å². The Morgan fingerprint density at radius 1 is 0.429 bits per heavy atom. The molecule has 0 unspecified atom stereocenters. The molecule has 3 heterocycles. The molecule has 0 atom stereocenters. The van der Waals surface area contributed by atoms with E-state index in [4.69, 9.17) is 4.98 Å². The molecule has 2 aliphatic rings. The van der Waals surface area contributed by atoms with Gasteiger partial charge in [-0.15, -0.1) is 0 Å². The molecule has 1 aliphatic heterocycles. The van der Waals surface area contributed by atoms with Crippen LogP contribution in [0.1, 0.15) is 38.5 Å². The number of aryl methyl sites for hydroxylation is 1. The van der Waals surface area contributed by atoms with E-state index in [2.05, 4.69) is 96.3 Å². The molecule has 1 N–H and O–H groups in total. The summed E-state index contributed by atoms with van der Waals surface area (Å²) in [6, 6.07) is 34.6. The third-order valence-corrected chi connectivity index (χ3v) is 13.6. The van der Waals surface area contributed by atoms with Gasteiger partial charge in [0.15, 0.2) is 0 Å². The van der Waals surface area contributed by atoms with E-state index in [1.807, 2.05) is 22.6 Å². The number of benzene rings is 11. The predicted molar refractivity (Wildman–Crippen MR) is 228 cm³/mol. The molecule has 6 heteroatoms. The molecule has 0 fully saturated rings. The average molecular weight is 714 g/mol. The number of imide groups is 1. The Kier molecular flexibility index (Phi) is 4.47. The number of pyridine rings is 1. The lowest BCUT2D eigenvalue weighted by atomic mass is 9.80. The molecular weight excluding hydrogens is 691 g/mol. The van der Waals surface area contributed by atoms with E-state index in [1.165, 1.54) is 53.9 Å². The lowest BCUT2D eigenvalue weighted by Gasteiger charge is -2.23. The van der Waals surface area contributed by atoms with Crippen molar-refractivity contribution in [3.05, 3.63) is 136 Å². The van der Waals surface area contributed by atoms with Crippen LogP contribution in [0.2, 0.25) is 0 Å². The number of carbonyl (C=O) groups excluding carboxylic acids is 2. The lowest BCUT2D eigenvalue weighted by Crippen LogP contribution is -2.34. The number of nitrogens with zero attached hydrogens (tertiary/aromatic N) is 2. The first-order valence-corrected chi connectivity index (χ1v) is 19.1. The molecular formula is C50H23N3O3. The molecule has 11 aromatic carbocycles. The van der Waals surface area contributed by atoms with Crippen LogP contribution in [0, 0.1) is 0 Å². The van der Waals surface area contributed by atoms with Crippen molar-refractivity contribution in [1.82, 2.24) is 14.7 Å². The maximum absolute atomic E-state index is 14.3. The van der Waals surface area contributed by atoms with Crippen LogP contribution in [0.25, 0.3) is 130 Å². The summed E-state index contributed by atoms with van der Waals surface area (Å²) < 4.78 is 1.82. The number of aromatic nitrogens is 2. The van der Waals surface area contributed by atoms with Gasteiger partial charge in [-0.25, -0.2) is 4.98 Å². The fraction of sp³-hybridized carbons (Fsp3) is 0.0400. The van der Waals surface area contributed by atoms with Crippen LogP contribution in [-0.4, -0.2) is 21.2 Å². The summed E-state index contributed by atoms with van der Waals surface area (Å²) >= 11 is 0. The average Bonchev–Trinajstić information content (AvgIpc) is 3.63. The molecule has 15 rings (SSSR count). The van der Waals surface area contributed by atoms with Gasteiger partial charge >= 0.3 is 0 Å². The smallest absolute Gasteiger partial charge is 0.264 e. The van der Waals surface area contributed by atoms with E-state index < -0.39 is 0 Å². The van der Waals surface area contributed by atoms with Gasteiger partial charge in [0.1, 0.15) is 5.65 Å². The van der Waals surface area contributed by atoms with E-state index in [1.54, 1.807) is 0 Å². The summed E-state index contributed by atoms with van der Waals surface area (Å²) in [7, 11) is 0. The van der Waals surface area contributed by atoms with Crippen LogP contribution in [0.15, 0.2) is 108 Å². The normalized spacial score (nSPS) is 14.9. The largest absolute Gasteiger partial charge is 0.288 e. The summed E-state index contributed by atoms with van der Waals surface area (Å²) in [6.45, 7) is 0. The van der Waals surface area contributed by atoms with Gasteiger partial charge in [0.25, 0.3) is 17.4 Å². The number of fused-ring (bicyclic) bond motifs is 10.